The van der Waals surface area contributed by atoms with Crippen LogP contribution in [0.15, 0.2) is 18.2 Å². The molecule has 1 aromatic rings. The topological polar surface area (TPSA) is 29.1 Å². The molecule has 2 nitrogen and oxygen atoms in total. The average Bonchev–Trinajstić information content (AvgIpc) is 2.28. The molecule has 0 aromatic heterocycles. The van der Waals surface area contributed by atoms with E-state index >= 15 is 0 Å². The molecule has 1 N–H and O–H groups in total. The fourth-order valence-corrected chi connectivity index (χ4v) is 1.81. The molecule has 0 aliphatic rings. The van der Waals surface area contributed by atoms with Crippen LogP contribution in [0.3, 0.4) is 0 Å². The fraction of sp³-hybridized carbons (Fsp3) is 0.417. The van der Waals surface area contributed by atoms with Crippen LogP contribution >= 0.6 is 23.2 Å². The minimum atomic E-state index is -0.450. The molecule has 0 radical (unpaired) electrons. The van der Waals surface area contributed by atoms with Gasteiger partial charge in [0.05, 0.1) is 10.6 Å². The molecule has 1 rings (SSSR count). The van der Waals surface area contributed by atoms with Crippen molar-refractivity contribution in [3.63, 3.8) is 0 Å². The van der Waals surface area contributed by atoms with Gasteiger partial charge in [0.25, 0.3) is 5.91 Å². The summed E-state index contributed by atoms with van der Waals surface area (Å²) in [5.41, 5.74) is 0.297. The summed E-state index contributed by atoms with van der Waals surface area (Å²) in [6.07, 6.45) is 2.78. The van der Waals surface area contributed by atoms with E-state index in [2.05, 4.69) is 5.32 Å². The summed E-state index contributed by atoms with van der Waals surface area (Å²) in [6.45, 7) is 0.573. The van der Waals surface area contributed by atoms with Crippen molar-refractivity contribution in [2.75, 3.05) is 12.4 Å². The lowest BCUT2D eigenvalue weighted by molar-refractivity contribution is 0.0953. The van der Waals surface area contributed by atoms with Crippen LogP contribution in [0.5, 0.6) is 0 Å². The van der Waals surface area contributed by atoms with Crippen molar-refractivity contribution in [1.29, 1.82) is 0 Å². The highest BCUT2D eigenvalue weighted by Gasteiger charge is 2.09. The van der Waals surface area contributed by atoms with Gasteiger partial charge in [-0.1, -0.05) is 18.0 Å². The Bertz CT molecular complexity index is 385. The number of nitrogens with one attached hydrogen (secondary N) is 1. The van der Waals surface area contributed by atoms with Crippen molar-refractivity contribution in [3.05, 3.63) is 34.6 Å². The zero-order valence-electron chi connectivity index (χ0n) is 9.31. The van der Waals surface area contributed by atoms with Crippen LogP contribution < -0.4 is 5.32 Å². The van der Waals surface area contributed by atoms with Crippen LogP contribution in [-0.2, 0) is 0 Å². The first-order chi connectivity index (χ1) is 8.15. The van der Waals surface area contributed by atoms with E-state index in [0.717, 1.165) is 25.3 Å². The maximum atomic E-state index is 12.8. The van der Waals surface area contributed by atoms with Crippen LogP contribution in [0.25, 0.3) is 0 Å². The molecule has 0 fully saturated rings. The summed E-state index contributed by atoms with van der Waals surface area (Å²) in [4.78, 5) is 11.7. The second kappa shape index (κ2) is 7.51. The summed E-state index contributed by atoms with van der Waals surface area (Å²) in [5, 5.41) is 2.86. The summed E-state index contributed by atoms with van der Waals surface area (Å²) in [5.74, 6) is -0.0906. The van der Waals surface area contributed by atoms with Gasteiger partial charge < -0.3 is 5.32 Å². The van der Waals surface area contributed by atoms with Crippen LogP contribution in [0.4, 0.5) is 4.39 Å². The first-order valence-electron chi connectivity index (χ1n) is 5.44. The van der Waals surface area contributed by atoms with Gasteiger partial charge in [-0.2, -0.15) is 0 Å². The molecule has 0 saturated carbocycles. The van der Waals surface area contributed by atoms with Gasteiger partial charge in [-0.3, -0.25) is 4.79 Å². The highest BCUT2D eigenvalue weighted by atomic mass is 35.5. The van der Waals surface area contributed by atoms with Crippen molar-refractivity contribution >= 4 is 29.1 Å². The van der Waals surface area contributed by atoms with Gasteiger partial charge in [0.1, 0.15) is 5.82 Å². The van der Waals surface area contributed by atoms with Gasteiger partial charge in [-0.15, -0.1) is 11.6 Å². The van der Waals surface area contributed by atoms with Gasteiger partial charge in [0.15, 0.2) is 0 Å². The Morgan fingerprint density at radius 3 is 2.71 bits per heavy atom. The predicted octanol–water partition coefficient (Wildman–Crippen LogP) is 3.62. The number of unbranched alkanes of at least 4 members (excludes halogenated alkanes) is 2. The Kier molecular flexibility index (Phi) is 6.30. The third-order valence-corrected chi connectivity index (χ3v) is 2.85. The molecule has 0 unspecified atom stereocenters. The van der Waals surface area contributed by atoms with E-state index in [-0.39, 0.29) is 10.9 Å². The van der Waals surface area contributed by atoms with Gasteiger partial charge in [0, 0.05) is 12.4 Å². The van der Waals surface area contributed by atoms with E-state index < -0.39 is 5.82 Å². The molecule has 0 spiro atoms. The monoisotopic (exact) mass is 277 g/mol. The molecular formula is C12H14Cl2FNO. The summed E-state index contributed by atoms with van der Waals surface area (Å²) in [6, 6.07) is 3.73. The molecule has 5 heteroatoms. The second-order valence-corrected chi connectivity index (χ2v) is 4.41. The Hall–Kier alpha value is -0.800. The molecule has 94 valence electrons. The summed E-state index contributed by atoms with van der Waals surface area (Å²) < 4.78 is 12.8. The normalized spacial score (nSPS) is 10.3. The largest absolute Gasteiger partial charge is 0.352 e. The number of rotatable bonds is 6. The number of hydrogen-bond donors (Lipinski definition) is 1. The average molecular weight is 278 g/mol. The minimum absolute atomic E-state index is 0.128. The number of amides is 1. The zero-order chi connectivity index (χ0) is 12.7. The fourth-order valence-electron chi connectivity index (χ4n) is 1.37. The number of alkyl halides is 1. The third-order valence-electron chi connectivity index (χ3n) is 2.27. The minimum Gasteiger partial charge on any atom is -0.352 e. The number of benzene rings is 1. The molecule has 0 heterocycles. The van der Waals surface area contributed by atoms with E-state index in [1.165, 1.54) is 12.1 Å². The smallest absolute Gasteiger partial charge is 0.252 e. The molecule has 0 atom stereocenters. The number of hydrogen-bond acceptors (Lipinski definition) is 1. The number of carbonyl (C=O) groups excluding carboxylic acids is 1. The molecule has 0 aliphatic carbocycles. The highest BCUT2D eigenvalue weighted by Crippen LogP contribution is 2.16. The van der Waals surface area contributed by atoms with E-state index in [0.29, 0.717) is 18.0 Å². The second-order valence-electron chi connectivity index (χ2n) is 3.63. The number of carbonyl (C=O) groups is 1. The summed E-state index contributed by atoms with van der Waals surface area (Å²) in [7, 11) is 0. The van der Waals surface area contributed by atoms with Gasteiger partial charge in [0.2, 0.25) is 0 Å². The van der Waals surface area contributed by atoms with Crippen molar-refractivity contribution in [1.82, 2.24) is 5.32 Å². The Morgan fingerprint density at radius 2 is 2.06 bits per heavy atom. The maximum absolute atomic E-state index is 12.8. The van der Waals surface area contributed by atoms with Crippen molar-refractivity contribution in [2.24, 2.45) is 0 Å². The lowest BCUT2D eigenvalue weighted by atomic mass is 10.2. The van der Waals surface area contributed by atoms with Gasteiger partial charge in [-0.05, 0) is 31.0 Å². The van der Waals surface area contributed by atoms with Crippen LogP contribution in [-0.4, -0.2) is 18.3 Å². The number of halogens is 3. The quantitative estimate of drug-likeness (QED) is 0.625. The molecule has 0 aliphatic heterocycles. The van der Waals surface area contributed by atoms with Crippen LogP contribution in [0, 0.1) is 5.82 Å². The van der Waals surface area contributed by atoms with E-state index in [1.807, 2.05) is 0 Å². The van der Waals surface area contributed by atoms with Crippen molar-refractivity contribution in [3.8, 4) is 0 Å². The Balaban J connectivity index is 2.42. The zero-order valence-corrected chi connectivity index (χ0v) is 10.8. The molecule has 17 heavy (non-hydrogen) atoms. The molecule has 1 aromatic carbocycles. The molecule has 0 saturated heterocycles. The van der Waals surface area contributed by atoms with Crippen molar-refractivity contribution in [2.45, 2.75) is 19.3 Å². The molecule has 0 bridgehead atoms. The Morgan fingerprint density at radius 1 is 1.29 bits per heavy atom. The molecule has 1 amide bonds. The maximum Gasteiger partial charge on any atom is 0.252 e. The van der Waals surface area contributed by atoms with Crippen LogP contribution in [0.1, 0.15) is 29.6 Å². The van der Waals surface area contributed by atoms with Crippen LogP contribution in [0.2, 0.25) is 5.02 Å². The summed E-state index contributed by atoms with van der Waals surface area (Å²) >= 11 is 11.3. The van der Waals surface area contributed by atoms with E-state index in [4.69, 9.17) is 23.2 Å². The predicted molar refractivity (Wildman–Crippen MR) is 68.3 cm³/mol. The SMILES string of the molecule is O=C(NCCCCCCl)c1ccc(F)cc1Cl. The lowest BCUT2D eigenvalue weighted by Crippen LogP contribution is -2.24. The standard InChI is InChI=1S/C12H14Cl2FNO/c13-6-2-1-3-7-16-12(17)10-5-4-9(15)8-11(10)14/h4-5,8H,1-3,6-7H2,(H,16,17). The van der Waals surface area contributed by atoms with Gasteiger partial charge >= 0.3 is 0 Å². The van der Waals surface area contributed by atoms with E-state index in [9.17, 15) is 9.18 Å². The lowest BCUT2D eigenvalue weighted by Gasteiger charge is -2.06. The first-order valence-corrected chi connectivity index (χ1v) is 6.35. The Labute approximate surface area is 110 Å². The third kappa shape index (κ3) is 4.92. The van der Waals surface area contributed by atoms with Gasteiger partial charge in [-0.25, -0.2) is 4.39 Å². The van der Waals surface area contributed by atoms with Crippen molar-refractivity contribution < 1.29 is 9.18 Å². The highest BCUT2D eigenvalue weighted by molar-refractivity contribution is 6.33. The van der Waals surface area contributed by atoms with E-state index in [1.54, 1.807) is 0 Å². The first kappa shape index (κ1) is 14.3. The molecular weight excluding hydrogens is 264 g/mol.